The monoisotopic (exact) mass is 209 g/mol. The first-order valence-corrected chi connectivity index (χ1v) is 4.54. The molecule has 0 aliphatic rings. The average Bonchev–Trinajstić information content (AvgIpc) is 2.16. The molecule has 0 saturated carbocycles. The van der Waals surface area contributed by atoms with E-state index in [1.165, 1.54) is 11.8 Å². The molecule has 0 aromatic carbocycles. The summed E-state index contributed by atoms with van der Waals surface area (Å²) in [6.45, 7) is 3.65. The molecule has 4 heteroatoms. The van der Waals surface area contributed by atoms with Crippen LogP contribution in [0.15, 0.2) is 12.2 Å². The minimum absolute atomic E-state index is 0.227. The predicted molar refractivity (Wildman–Crippen MR) is 56.9 cm³/mol. The number of carbonyl (C=O) groups excluding carboxylic acids is 2. The highest BCUT2D eigenvalue weighted by molar-refractivity contribution is 5.93. The van der Waals surface area contributed by atoms with Gasteiger partial charge in [0.1, 0.15) is 6.61 Å². The molecule has 0 bridgehead atoms. The lowest BCUT2D eigenvalue weighted by Gasteiger charge is -2.09. The van der Waals surface area contributed by atoms with Crippen LogP contribution in [0.3, 0.4) is 0 Å². The maximum absolute atomic E-state index is 11.1. The fraction of sp³-hybridized carbons (Fsp3) is 0.455. The van der Waals surface area contributed by atoms with Crippen molar-refractivity contribution in [3.63, 3.8) is 0 Å². The summed E-state index contributed by atoms with van der Waals surface area (Å²) >= 11 is 0. The summed E-state index contributed by atoms with van der Waals surface area (Å²) in [5, 5.41) is 0. The summed E-state index contributed by atoms with van der Waals surface area (Å²) in [6, 6.07) is 0. The molecule has 0 radical (unpaired) electrons. The van der Waals surface area contributed by atoms with Gasteiger partial charge in [0.25, 0.3) is 5.91 Å². The summed E-state index contributed by atoms with van der Waals surface area (Å²) < 4.78 is 4.67. The number of rotatable bonds is 4. The number of esters is 1. The molecule has 0 fully saturated rings. The molecule has 4 nitrogen and oxygen atoms in total. The van der Waals surface area contributed by atoms with E-state index in [2.05, 4.69) is 16.6 Å². The number of carbonyl (C=O) groups is 2. The second-order valence-corrected chi connectivity index (χ2v) is 2.83. The number of ether oxygens (including phenoxy) is 1. The Morgan fingerprint density at radius 1 is 1.40 bits per heavy atom. The molecule has 0 aromatic heterocycles. The van der Waals surface area contributed by atoms with E-state index in [4.69, 9.17) is 0 Å². The zero-order valence-corrected chi connectivity index (χ0v) is 9.24. The minimum atomic E-state index is -0.319. The molecule has 0 N–H and O–H groups in total. The highest BCUT2D eigenvalue weighted by Gasteiger charge is 2.00. The lowest BCUT2D eigenvalue weighted by molar-refractivity contribution is -0.139. The first kappa shape index (κ1) is 13.2. The Morgan fingerprint density at radius 3 is 2.60 bits per heavy atom. The van der Waals surface area contributed by atoms with Crippen molar-refractivity contribution in [2.75, 3.05) is 20.2 Å². The Bertz CT molecular complexity index is 310. The van der Waals surface area contributed by atoms with Gasteiger partial charge < -0.3 is 9.64 Å². The van der Waals surface area contributed by atoms with Crippen LogP contribution >= 0.6 is 0 Å². The summed E-state index contributed by atoms with van der Waals surface area (Å²) in [5.41, 5.74) is 0. The number of likely N-dealkylation sites (N-methyl/N-ethyl adjacent to an activating group) is 1. The van der Waals surface area contributed by atoms with Crippen LogP contribution in [0, 0.1) is 11.8 Å². The molecule has 82 valence electrons. The van der Waals surface area contributed by atoms with Gasteiger partial charge in [0.05, 0.1) is 0 Å². The predicted octanol–water partition coefficient (Wildman–Crippen LogP) is 0.587. The SMILES string of the molecule is CC#CC(=O)N(C)C/C=C/COC(C)=O. The zero-order chi connectivity index (χ0) is 11.7. The Labute approximate surface area is 89.9 Å². The summed E-state index contributed by atoms with van der Waals surface area (Å²) in [7, 11) is 1.66. The van der Waals surface area contributed by atoms with Crippen LogP contribution < -0.4 is 0 Å². The van der Waals surface area contributed by atoms with Gasteiger partial charge >= 0.3 is 5.97 Å². The third-order valence-corrected chi connectivity index (χ3v) is 1.51. The van der Waals surface area contributed by atoms with Gasteiger partial charge in [-0.3, -0.25) is 9.59 Å². The van der Waals surface area contributed by atoms with Gasteiger partial charge in [0.15, 0.2) is 0 Å². The topological polar surface area (TPSA) is 46.6 Å². The van der Waals surface area contributed by atoms with E-state index in [0.29, 0.717) is 6.54 Å². The summed E-state index contributed by atoms with van der Waals surface area (Å²) in [4.78, 5) is 23.0. The Hall–Kier alpha value is -1.76. The lowest BCUT2D eigenvalue weighted by atomic mass is 10.4. The summed E-state index contributed by atoms with van der Waals surface area (Å²) in [6.07, 6.45) is 3.43. The van der Waals surface area contributed by atoms with Crippen molar-refractivity contribution < 1.29 is 14.3 Å². The molecule has 0 aromatic rings. The van der Waals surface area contributed by atoms with Crippen molar-refractivity contribution in [3.8, 4) is 11.8 Å². The summed E-state index contributed by atoms with van der Waals surface area (Å²) in [5.74, 6) is 4.41. The Kier molecular flexibility index (Phi) is 6.73. The normalized spacial score (nSPS) is 9.27. The standard InChI is InChI=1S/C11H15NO3/c1-4-7-11(14)12(3)8-5-6-9-15-10(2)13/h5-6H,8-9H2,1-3H3/b6-5+. The molecule has 1 amide bonds. The van der Waals surface area contributed by atoms with E-state index >= 15 is 0 Å². The molecule has 0 rings (SSSR count). The molecular weight excluding hydrogens is 194 g/mol. The van der Waals surface area contributed by atoms with Crippen LogP contribution in [-0.4, -0.2) is 37.0 Å². The van der Waals surface area contributed by atoms with Gasteiger partial charge in [0.2, 0.25) is 0 Å². The fourth-order valence-electron chi connectivity index (χ4n) is 0.751. The zero-order valence-electron chi connectivity index (χ0n) is 9.24. The molecule has 0 aliphatic heterocycles. The molecule has 0 saturated heterocycles. The lowest BCUT2D eigenvalue weighted by Crippen LogP contribution is -2.25. The van der Waals surface area contributed by atoms with E-state index in [0.717, 1.165) is 0 Å². The van der Waals surface area contributed by atoms with Crippen molar-refractivity contribution in [2.24, 2.45) is 0 Å². The van der Waals surface area contributed by atoms with Gasteiger partial charge in [-0.05, 0) is 18.9 Å². The first-order chi connectivity index (χ1) is 7.07. The van der Waals surface area contributed by atoms with E-state index in [9.17, 15) is 9.59 Å². The van der Waals surface area contributed by atoms with Crippen LogP contribution in [0.1, 0.15) is 13.8 Å². The quantitative estimate of drug-likeness (QED) is 0.387. The Balaban J connectivity index is 3.78. The van der Waals surface area contributed by atoms with Crippen LogP contribution in [0.5, 0.6) is 0 Å². The molecule has 0 unspecified atom stereocenters. The smallest absolute Gasteiger partial charge is 0.302 e. The maximum atomic E-state index is 11.1. The van der Waals surface area contributed by atoms with Gasteiger partial charge in [-0.15, -0.1) is 0 Å². The molecule has 0 heterocycles. The largest absolute Gasteiger partial charge is 0.462 e. The highest BCUT2D eigenvalue weighted by atomic mass is 16.5. The second-order valence-electron chi connectivity index (χ2n) is 2.83. The van der Waals surface area contributed by atoms with Crippen molar-refractivity contribution in [1.82, 2.24) is 4.90 Å². The third-order valence-electron chi connectivity index (χ3n) is 1.51. The van der Waals surface area contributed by atoms with Crippen LogP contribution in [-0.2, 0) is 14.3 Å². The molecule has 0 atom stereocenters. The van der Waals surface area contributed by atoms with Gasteiger partial charge in [-0.25, -0.2) is 0 Å². The molecule has 0 aliphatic carbocycles. The molecule has 15 heavy (non-hydrogen) atoms. The average molecular weight is 209 g/mol. The van der Waals surface area contributed by atoms with E-state index < -0.39 is 0 Å². The van der Waals surface area contributed by atoms with E-state index in [-0.39, 0.29) is 18.5 Å². The molecule has 0 spiro atoms. The Morgan fingerprint density at radius 2 is 2.07 bits per heavy atom. The second kappa shape index (κ2) is 7.63. The maximum Gasteiger partial charge on any atom is 0.302 e. The van der Waals surface area contributed by atoms with Gasteiger partial charge in [-0.2, -0.15) is 0 Å². The minimum Gasteiger partial charge on any atom is -0.462 e. The van der Waals surface area contributed by atoms with Crippen molar-refractivity contribution in [2.45, 2.75) is 13.8 Å². The first-order valence-electron chi connectivity index (χ1n) is 4.54. The number of nitrogens with zero attached hydrogens (tertiary/aromatic N) is 1. The van der Waals surface area contributed by atoms with Crippen LogP contribution in [0.4, 0.5) is 0 Å². The highest BCUT2D eigenvalue weighted by Crippen LogP contribution is 1.86. The van der Waals surface area contributed by atoms with Crippen LogP contribution in [0.2, 0.25) is 0 Å². The number of hydrogen-bond acceptors (Lipinski definition) is 3. The third kappa shape index (κ3) is 7.32. The van der Waals surface area contributed by atoms with Crippen molar-refractivity contribution >= 4 is 11.9 Å². The number of hydrogen-bond donors (Lipinski definition) is 0. The van der Waals surface area contributed by atoms with Crippen molar-refractivity contribution in [1.29, 1.82) is 0 Å². The van der Waals surface area contributed by atoms with E-state index in [1.807, 2.05) is 0 Å². The fourth-order valence-corrected chi connectivity index (χ4v) is 0.751. The molecular formula is C11H15NO3. The van der Waals surface area contributed by atoms with E-state index in [1.54, 1.807) is 26.1 Å². The number of amides is 1. The van der Waals surface area contributed by atoms with Crippen molar-refractivity contribution in [3.05, 3.63) is 12.2 Å². The van der Waals surface area contributed by atoms with Gasteiger partial charge in [-0.1, -0.05) is 12.0 Å². The van der Waals surface area contributed by atoms with Crippen LogP contribution in [0.25, 0.3) is 0 Å². The van der Waals surface area contributed by atoms with Gasteiger partial charge in [0, 0.05) is 20.5 Å².